The zero-order valence-corrected chi connectivity index (χ0v) is 11.6. The van der Waals surface area contributed by atoms with Crippen LogP contribution < -0.4 is 4.72 Å². The van der Waals surface area contributed by atoms with E-state index < -0.39 is 10.0 Å². The van der Waals surface area contributed by atoms with Crippen LogP contribution in [-0.2, 0) is 22.9 Å². The third kappa shape index (κ3) is 2.42. The van der Waals surface area contributed by atoms with E-state index in [1.54, 1.807) is 12.1 Å². The Morgan fingerprint density at radius 2 is 1.50 bits per heavy atom. The smallest absolute Gasteiger partial charge is 0.244 e. The molecular weight excluding hydrogens is 274 g/mol. The molecule has 0 radical (unpaired) electrons. The van der Waals surface area contributed by atoms with Gasteiger partial charge < -0.3 is 5.11 Å². The largest absolute Gasteiger partial charge is 0.507 e. The summed E-state index contributed by atoms with van der Waals surface area (Å²) in [7, 11) is -3.69. The zero-order valence-electron chi connectivity index (χ0n) is 10.8. The van der Waals surface area contributed by atoms with Crippen LogP contribution in [0.4, 0.5) is 0 Å². The Morgan fingerprint density at radius 3 is 2.10 bits per heavy atom. The predicted molar refractivity (Wildman–Crippen MR) is 76.1 cm³/mol. The number of phenolic OH excluding ortho intramolecular Hbond substituents is 1. The first-order valence-electron chi connectivity index (χ1n) is 6.43. The third-order valence-electron chi connectivity index (χ3n) is 3.53. The molecule has 0 aliphatic heterocycles. The number of para-hydroxylation sites is 1. The van der Waals surface area contributed by atoms with Gasteiger partial charge in [0.05, 0.1) is 0 Å². The van der Waals surface area contributed by atoms with Crippen LogP contribution in [0.1, 0.15) is 11.1 Å². The van der Waals surface area contributed by atoms with Crippen LogP contribution in [0.25, 0.3) is 0 Å². The van der Waals surface area contributed by atoms with E-state index in [9.17, 15) is 13.5 Å². The fourth-order valence-electron chi connectivity index (χ4n) is 2.61. The van der Waals surface area contributed by atoms with E-state index in [0.29, 0.717) is 12.8 Å². The monoisotopic (exact) mass is 289 g/mol. The first-order chi connectivity index (χ1) is 9.56. The van der Waals surface area contributed by atoms with Gasteiger partial charge in [-0.2, -0.15) is 0 Å². The van der Waals surface area contributed by atoms with Crippen molar-refractivity contribution in [3.63, 3.8) is 0 Å². The Labute approximate surface area is 118 Å². The fraction of sp³-hybridized carbons (Fsp3) is 0.200. The van der Waals surface area contributed by atoms with Crippen LogP contribution in [0.5, 0.6) is 5.75 Å². The van der Waals surface area contributed by atoms with Crippen LogP contribution in [-0.4, -0.2) is 19.6 Å². The summed E-state index contributed by atoms with van der Waals surface area (Å²) in [6.07, 6.45) is 1.37. The Kier molecular flexibility index (Phi) is 3.23. The van der Waals surface area contributed by atoms with Crippen LogP contribution in [0, 0.1) is 0 Å². The number of fused-ring (bicyclic) bond motifs is 1. The molecule has 0 heterocycles. The quantitative estimate of drug-likeness (QED) is 0.906. The summed E-state index contributed by atoms with van der Waals surface area (Å²) in [6.45, 7) is 0. The molecule has 0 aromatic heterocycles. The third-order valence-corrected chi connectivity index (χ3v) is 5.10. The number of aromatic hydroxyl groups is 1. The molecule has 2 aromatic rings. The van der Waals surface area contributed by atoms with Crippen molar-refractivity contribution in [2.75, 3.05) is 0 Å². The standard InChI is InChI=1S/C15H15NO3S/c17-14-7-3-4-8-15(14)20(18,19)16-13-9-11-5-1-2-6-12(11)10-13/h1-8,13,16-17H,9-10H2. The second kappa shape index (κ2) is 4.92. The molecular formula is C15H15NO3S. The molecule has 5 heteroatoms. The number of sulfonamides is 1. The molecule has 0 unspecified atom stereocenters. The van der Waals surface area contributed by atoms with E-state index in [0.717, 1.165) is 0 Å². The number of nitrogens with one attached hydrogen (secondary N) is 1. The molecule has 0 atom stereocenters. The van der Waals surface area contributed by atoms with E-state index in [1.807, 2.05) is 24.3 Å². The lowest BCUT2D eigenvalue weighted by atomic mass is 10.1. The highest BCUT2D eigenvalue weighted by atomic mass is 32.2. The van der Waals surface area contributed by atoms with Gasteiger partial charge in [0.25, 0.3) is 0 Å². The predicted octanol–water partition coefficient (Wildman–Crippen LogP) is 1.84. The summed E-state index contributed by atoms with van der Waals surface area (Å²) >= 11 is 0. The number of hydrogen-bond acceptors (Lipinski definition) is 3. The number of rotatable bonds is 3. The lowest BCUT2D eigenvalue weighted by Gasteiger charge is -2.13. The molecule has 20 heavy (non-hydrogen) atoms. The van der Waals surface area contributed by atoms with Crippen molar-refractivity contribution in [2.24, 2.45) is 0 Å². The summed E-state index contributed by atoms with van der Waals surface area (Å²) in [5.74, 6) is -0.226. The molecule has 0 spiro atoms. The molecule has 1 aliphatic carbocycles. The van der Waals surface area contributed by atoms with E-state index >= 15 is 0 Å². The molecule has 0 saturated carbocycles. The maximum Gasteiger partial charge on any atom is 0.244 e. The van der Waals surface area contributed by atoms with Crippen LogP contribution in [0.2, 0.25) is 0 Å². The molecule has 4 nitrogen and oxygen atoms in total. The Hall–Kier alpha value is -1.85. The minimum absolute atomic E-state index is 0.0732. The van der Waals surface area contributed by atoms with Crippen LogP contribution >= 0.6 is 0 Å². The Morgan fingerprint density at radius 1 is 0.950 bits per heavy atom. The SMILES string of the molecule is O=S(=O)(NC1Cc2ccccc2C1)c1ccccc1O. The molecule has 3 rings (SSSR count). The molecule has 2 N–H and O–H groups in total. The molecule has 0 fully saturated rings. The highest BCUT2D eigenvalue weighted by molar-refractivity contribution is 7.89. The lowest BCUT2D eigenvalue weighted by molar-refractivity contribution is 0.457. The van der Waals surface area contributed by atoms with Gasteiger partial charge in [0.2, 0.25) is 10.0 Å². The van der Waals surface area contributed by atoms with Crippen LogP contribution in [0.15, 0.2) is 53.4 Å². The van der Waals surface area contributed by atoms with Gasteiger partial charge in [-0.15, -0.1) is 0 Å². The van der Waals surface area contributed by atoms with Gasteiger partial charge in [0, 0.05) is 6.04 Å². The Balaban J connectivity index is 1.81. The topological polar surface area (TPSA) is 66.4 Å². The summed E-state index contributed by atoms with van der Waals surface area (Å²) in [4.78, 5) is -0.0732. The van der Waals surface area contributed by atoms with Crippen molar-refractivity contribution in [1.29, 1.82) is 0 Å². The fourth-order valence-corrected chi connectivity index (χ4v) is 3.94. The minimum atomic E-state index is -3.69. The van der Waals surface area contributed by atoms with Crippen molar-refractivity contribution in [2.45, 2.75) is 23.8 Å². The van der Waals surface area contributed by atoms with Gasteiger partial charge in [-0.3, -0.25) is 0 Å². The van der Waals surface area contributed by atoms with Crippen molar-refractivity contribution in [3.05, 3.63) is 59.7 Å². The number of hydrogen-bond donors (Lipinski definition) is 2. The van der Waals surface area contributed by atoms with E-state index in [4.69, 9.17) is 0 Å². The van der Waals surface area contributed by atoms with E-state index in [-0.39, 0.29) is 16.7 Å². The van der Waals surface area contributed by atoms with Crippen molar-refractivity contribution in [1.82, 2.24) is 4.72 Å². The zero-order chi connectivity index (χ0) is 14.2. The Bertz CT molecular complexity index is 715. The maximum atomic E-state index is 12.3. The van der Waals surface area contributed by atoms with Gasteiger partial charge in [-0.25, -0.2) is 13.1 Å². The average Bonchev–Trinajstić information content (AvgIpc) is 2.80. The van der Waals surface area contributed by atoms with Gasteiger partial charge in [-0.1, -0.05) is 36.4 Å². The van der Waals surface area contributed by atoms with Crippen LogP contribution in [0.3, 0.4) is 0 Å². The molecule has 0 bridgehead atoms. The summed E-state index contributed by atoms with van der Waals surface area (Å²) in [5.41, 5.74) is 2.36. The normalized spacial score (nSPS) is 15.2. The van der Waals surface area contributed by atoms with Crippen molar-refractivity contribution >= 4 is 10.0 Å². The van der Waals surface area contributed by atoms with E-state index in [2.05, 4.69) is 4.72 Å². The second-order valence-electron chi connectivity index (χ2n) is 4.96. The second-order valence-corrected chi connectivity index (χ2v) is 6.65. The lowest BCUT2D eigenvalue weighted by Crippen LogP contribution is -2.35. The molecule has 2 aromatic carbocycles. The molecule has 0 amide bonds. The molecule has 0 saturated heterocycles. The number of benzene rings is 2. The highest BCUT2D eigenvalue weighted by Gasteiger charge is 2.27. The average molecular weight is 289 g/mol. The molecule has 1 aliphatic rings. The first kappa shape index (κ1) is 13.1. The summed E-state index contributed by atoms with van der Waals surface area (Å²) < 4.78 is 27.2. The van der Waals surface area contributed by atoms with Gasteiger partial charge in [0.15, 0.2) is 0 Å². The highest BCUT2D eigenvalue weighted by Crippen LogP contribution is 2.25. The van der Waals surface area contributed by atoms with E-state index in [1.165, 1.54) is 23.3 Å². The summed E-state index contributed by atoms with van der Waals surface area (Å²) in [5, 5.41) is 9.67. The van der Waals surface area contributed by atoms with Crippen molar-refractivity contribution in [3.8, 4) is 5.75 Å². The van der Waals surface area contributed by atoms with Gasteiger partial charge in [0.1, 0.15) is 10.6 Å². The number of phenols is 1. The first-order valence-corrected chi connectivity index (χ1v) is 7.92. The van der Waals surface area contributed by atoms with Gasteiger partial charge in [-0.05, 0) is 36.1 Å². The molecule has 104 valence electrons. The maximum absolute atomic E-state index is 12.3. The summed E-state index contributed by atoms with van der Waals surface area (Å²) in [6, 6.07) is 13.8. The minimum Gasteiger partial charge on any atom is -0.507 e. The van der Waals surface area contributed by atoms with Crippen molar-refractivity contribution < 1.29 is 13.5 Å². The van der Waals surface area contributed by atoms with Gasteiger partial charge >= 0.3 is 0 Å².